The largest absolute Gasteiger partial charge is 0.378 e. The summed E-state index contributed by atoms with van der Waals surface area (Å²) in [5.41, 5.74) is 4.11. The van der Waals surface area contributed by atoms with Gasteiger partial charge in [-0.1, -0.05) is 11.6 Å². The molecule has 0 radical (unpaired) electrons. The second kappa shape index (κ2) is 9.23. The zero-order valence-electron chi connectivity index (χ0n) is 20.9. The number of nitrogens with one attached hydrogen (secondary N) is 1. The Morgan fingerprint density at radius 2 is 1.95 bits per heavy atom. The lowest BCUT2D eigenvalue weighted by Gasteiger charge is -2.33. The minimum absolute atomic E-state index is 0.299. The molecule has 202 valence electrons. The van der Waals surface area contributed by atoms with Gasteiger partial charge in [-0.2, -0.15) is 9.90 Å². The number of halogens is 3. The molecule has 0 spiro atoms. The first-order valence-corrected chi connectivity index (χ1v) is 13.3. The number of carbonyl (C=O) groups excluding carboxylic acids is 1. The third-order valence-corrected chi connectivity index (χ3v) is 7.91. The molecule has 4 heterocycles. The molecule has 3 aromatic heterocycles. The Bertz CT molecular complexity index is 1570. The molecule has 1 amide bonds. The van der Waals surface area contributed by atoms with Crippen molar-refractivity contribution < 1.29 is 18.3 Å². The Labute approximate surface area is 226 Å². The molecular weight excluding hydrogens is 530 g/mol. The van der Waals surface area contributed by atoms with Gasteiger partial charge in [-0.15, -0.1) is 10.2 Å². The molecule has 3 fully saturated rings. The molecule has 1 aliphatic heterocycles. The van der Waals surface area contributed by atoms with Crippen molar-refractivity contribution in [1.82, 2.24) is 29.8 Å². The second-order valence-corrected chi connectivity index (χ2v) is 10.8. The van der Waals surface area contributed by atoms with E-state index in [9.17, 15) is 13.6 Å². The monoisotopic (exact) mass is 554 g/mol. The summed E-state index contributed by atoms with van der Waals surface area (Å²) in [5.74, 6) is -2.41. The number of tetrazole rings is 1. The van der Waals surface area contributed by atoms with Crippen LogP contribution in [0.1, 0.15) is 53.6 Å². The molecule has 0 atom stereocenters. The van der Waals surface area contributed by atoms with Crippen molar-refractivity contribution in [3.05, 3.63) is 52.8 Å². The quantitative estimate of drug-likeness (QED) is 0.372. The Kier molecular flexibility index (Phi) is 5.78. The van der Waals surface area contributed by atoms with E-state index in [2.05, 4.69) is 30.7 Å². The van der Waals surface area contributed by atoms with E-state index in [0.717, 1.165) is 37.2 Å². The number of rotatable bonds is 6. The summed E-state index contributed by atoms with van der Waals surface area (Å²) in [5, 5.41) is 20.3. The van der Waals surface area contributed by atoms with Crippen molar-refractivity contribution in [2.75, 3.05) is 36.5 Å². The minimum atomic E-state index is -2.68. The van der Waals surface area contributed by atoms with Gasteiger partial charge >= 0.3 is 0 Å². The minimum Gasteiger partial charge on any atom is -0.378 e. The summed E-state index contributed by atoms with van der Waals surface area (Å²) >= 11 is 6.63. The molecular formula is C26H25ClF2N8O2. The number of aromatic nitrogens is 6. The Morgan fingerprint density at radius 3 is 2.69 bits per heavy atom. The summed E-state index contributed by atoms with van der Waals surface area (Å²) in [4.78, 5) is 16.9. The van der Waals surface area contributed by atoms with Crippen molar-refractivity contribution in [3.63, 3.8) is 0 Å². The number of benzene rings is 1. The molecule has 7 rings (SSSR count). The topological polar surface area (TPSA) is 102 Å². The van der Waals surface area contributed by atoms with Gasteiger partial charge in [-0.05, 0) is 53.8 Å². The molecule has 1 saturated heterocycles. The molecule has 0 bridgehead atoms. The Hall–Kier alpha value is -3.64. The van der Waals surface area contributed by atoms with Crippen LogP contribution in [0.2, 0.25) is 5.02 Å². The van der Waals surface area contributed by atoms with Crippen molar-refractivity contribution in [1.29, 1.82) is 0 Å². The highest BCUT2D eigenvalue weighted by molar-refractivity contribution is 6.34. The summed E-state index contributed by atoms with van der Waals surface area (Å²) in [6, 6.07) is 7.01. The number of morpholine rings is 1. The van der Waals surface area contributed by atoms with Crippen LogP contribution in [0.5, 0.6) is 0 Å². The first-order valence-electron chi connectivity index (χ1n) is 13.0. The molecule has 2 saturated carbocycles. The average Bonchev–Trinajstić information content (AvgIpc) is 3.49. The maximum absolute atomic E-state index is 13.4. The molecule has 0 unspecified atom stereocenters. The number of anilines is 2. The SMILES string of the molecule is O=C(Nc1cc(-c2nnn(C3CC(F)(F)C3)n2)c(C2CC2)cc1Cl)c1cnn2ccc(N3CCOCC3)cc12. The predicted molar refractivity (Wildman–Crippen MR) is 140 cm³/mol. The maximum atomic E-state index is 13.4. The van der Waals surface area contributed by atoms with Crippen molar-refractivity contribution in [3.8, 4) is 11.4 Å². The van der Waals surface area contributed by atoms with Gasteiger partial charge in [0.05, 0.1) is 47.2 Å². The molecule has 10 nitrogen and oxygen atoms in total. The van der Waals surface area contributed by atoms with Crippen LogP contribution in [0.4, 0.5) is 20.2 Å². The van der Waals surface area contributed by atoms with E-state index in [1.807, 2.05) is 24.4 Å². The standard InChI is InChI=1S/C26H25ClF2N8O2/c27-21-10-18(15-1-2-15)19(24-32-34-37(33-24)17-12-26(28,29)13-17)11-22(21)31-25(38)20-14-30-36-4-3-16(9-23(20)36)35-5-7-39-8-6-35/h3-4,9-11,14-15,17H,1-2,5-8,12-13H2,(H,31,38). The zero-order valence-corrected chi connectivity index (χ0v) is 21.6. The fraction of sp³-hybridized carbons (Fsp3) is 0.423. The molecule has 39 heavy (non-hydrogen) atoms. The van der Waals surface area contributed by atoms with Gasteiger partial charge in [0.2, 0.25) is 5.82 Å². The van der Waals surface area contributed by atoms with Crippen LogP contribution in [0.25, 0.3) is 16.9 Å². The summed E-state index contributed by atoms with van der Waals surface area (Å²) < 4.78 is 33.9. The van der Waals surface area contributed by atoms with Crippen LogP contribution in [-0.4, -0.2) is 68.0 Å². The lowest BCUT2D eigenvalue weighted by atomic mass is 9.89. The molecule has 3 aliphatic rings. The zero-order chi connectivity index (χ0) is 26.7. The number of ether oxygens (including phenoxy) is 1. The van der Waals surface area contributed by atoms with Gasteiger partial charge in [0.1, 0.15) is 0 Å². The van der Waals surface area contributed by atoms with Crippen LogP contribution in [0.3, 0.4) is 0 Å². The molecule has 2 aliphatic carbocycles. The van der Waals surface area contributed by atoms with E-state index in [1.54, 1.807) is 10.6 Å². The van der Waals surface area contributed by atoms with Gasteiger partial charge in [-0.25, -0.2) is 13.3 Å². The van der Waals surface area contributed by atoms with Crippen molar-refractivity contribution in [2.45, 2.75) is 43.6 Å². The van der Waals surface area contributed by atoms with Crippen molar-refractivity contribution >= 4 is 34.4 Å². The number of carbonyl (C=O) groups is 1. The number of amides is 1. The highest BCUT2D eigenvalue weighted by Gasteiger charge is 2.47. The van der Waals surface area contributed by atoms with E-state index in [0.29, 0.717) is 52.3 Å². The van der Waals surface area contributed by atoms with Crippen LogP contribution in [-0.2, 0) is 4.74 Å². The molecule has 13 heteroatoms. The van der Waals surface area contributed by atoms with E-state index in [4.69, 9.17) is 16.3 Å². The number of hydrogen-bond donors (Lipinski definition) is 1. The van der Waals surface area contributed by atoms with Crippen LogP contribution in [0, 0.1) is 0 Å². The number of hydrogen-bond acceptors (Lipinski definition) is 7. The normalized spacial score (nSPS) is 19.3. The number of fused-ring (bicyclic) bond motifs is 1. The van der Waals surface area contributed by atoms with E-state index in [1.165, 1.54) is 11.0 Å². The van der Waals surface area contributed by atoms with E-state index < -0.39 is 12.0 Å². The van der Waals surface area contributed by atoms with Gasteiger partial charge in [0.25, 0.3) is 11.8 Å². The summed E-state index contributed by atoms with van der Waals surface area (Å²) in [6.45, 7) is 2.87. The Morgan fingerprint density at radius 1 is 1.15 bits per heavy atom. The number of pyridine rings is 1. The summed E-state index contributed by atoms with van der Waals surface area (Å²) in [6.07, 6.45) is 4.78. The number of nitrogens with zero attached hydrogens (tertiary/aromatic N) is 7. The first kappa shape index (κ1) is 24.4. The predicted octanol–water partition coefficient (Wildman–Crippen LogP) is 4.58. The maximum Gasteiger partial charge on any atom is 0.259 e. The van der Waals surface area contributed by atoms with Gasteiger partial charge < -0.3 is 15.0 Å². The fourth-order valence-corrected chi connectivity index (χ4v) is 5.46. The number of alkyl halides is 2. The highest BCUT2D eigenvalue weighted by Crippen LogP contribution is 2.47. The van der Waals surface area contributed by atoms with Gasteiger partial charge in [0.15, 0.2) is 0 Å². The molecule has 1 N–H and O–H groups in total. The lowest BCUT2D eigenvalue weighted by molar-refractivity contribution is -0.110. The van der Waals surface area contributed by atoms with Crippen LogP contribution in [0.15, 0.2) is 36.7 Å². The molecule has 4 aromatic rings. The van der Waals surface area contributed by atoms with Crippen LogP contribution < -0.4 is 10.2 Å². The van der Waals surface area contributed by atoms with Gasteiger partial charge in [-0.3, -0.25) is 4.79 Å². The smallest absolute Gasteiger partial charge is 0.259 e. The van der Waals surface area contributed by atoms with Crippen LogP contribution >= 0.6 is 11.6 Å². The highest BCUT2D eigenvalue weighted by atomic mass is 35.5. The van der Waals surface area contributed by atoms with E-state index >= 15 is 0 Å². The lowest BCUT2D eigenvalue weighted by Crippen LogP contribution is -2.38. The average molecular weight is 555 g/mol. The third-order valence-electron chi connectivity index (χ3n) is 7.59. The first-order chi connectivity index (χ1) is 18.8. The molecule has 1 aromatic carbocycles. The second-order valence-electron chi connectivity index (χ2n) is 10.4. The van der Waals surface area contributed by atoms with Crippen molar-refractivity contribution in [2.24, 2.45) is 0 Å². The Balaban J connectivity index is 1.18. The summed E-state index contributed by atoms with van der Waals surface area (Å²) in [7, 11) is 0. The fourth-order valence-electron chi connectivity index (χ4n) is 5.24. The van der Waals surface area contributed by atoms with Gasteiger partial charge in [0, 0.05) is 43.4 Å². The third kappa shape index (κ3) is 4.61. The van der Waals surface area contributed by atoms with E-state index in [-0.39, 0.29) is 18.7 Å².